The third kappa shape index (κ3) is 2.83. The smallest absolute Gasteiger partial charge is 0.146 e. The summed E-state index contributed by atoms with van der Waals surface area (Å²) in [7, 11) is 0. The highest BCUT2D eigenvalue weighted by atomic mass is 35.5. The van der Waals surface area contributed by atoms with Crippen LogP contribution in [-0.2, 0) is 0 Å². The zero-order chi connectivity index (χ0) is 9.14. The van der Waals surface area contributed by atoms with Gasteiger partial charge in [-0.3, -0.25) is 0 Å². The summed E-state index contributed by atoms with van der Waals surface area (Å²) in [5.74, 6) is -0.395. The van der Waals surface area contributed by atoms with Crippen molar-refractivity contribution in [2.24, 2.45) is 5.73 Å². The molecule has 1 aromatic rings. The quantitative estimate of drug-likeness (QED) is 0.819. The summed E-state index contributed by atoms with van der Waals surface area (Å²) in [5, 5.41) is 0.136. The van der Waals surface area contributed by atoms with Crippen molar-refractivity contribution < 1.29 is 4.39 Å². The van der Waals surface area contributed by atoms with Gasteiger partial charge in [0.05, 0.1) is 5.02 Å². The van der Waals surface area contributed by atoms with Gasteiger partial charge in [-0.25, -0.2) is 4.39 Å². The molecule has 0 fully saturated rings. The maximum atomic E-state index is 13.2. The number of nitrogens with two attached hydrogens (primary N) is 1. The summed E-state index contributed by atoms with van der Waals surface area (Å²) in [6.45, 7) is 1.91. The molecule has 0 heterocycles. The zero-order valence-corrected chi connectivity index (χ0v) is 8.83. The molecule has 1 unspecified atom stereocenters. The molecule has 1 atom stereocenters. The second-order valence-electron chi connectivity index (χ2n) is 2.66. The van der Waals surface area contributed by atoms with Crippen molar-refractivity contribution in [1.82, 2.24) is 0 Å². The topological polar surface area (TPSA) is 26.0 Å². The fourth-order valence-electron chi connectivity index (χ4n) is 1.03. The minimum absolute atomic E-state index is 0. The number of hydrogen-bond donors (Lipinski definition) is 1. The summed E-state index contributed by atoms with van der Waals surface area (Å²) in [4.78, 5) is 0. The van der Waals surface area contributed by atoms with Crippen LogP contribution in [0.15, 0.2) is 18.2 Å². The summed E-state index contributed by atoms with van der Waals surface area (Å²) >= 11 is 5.58. The molecule has 0 bridgehead atoms. The predicted octanol–water partition coefficient (Wildman–Crippen LogP) is 3.31. The van der Waals surface area contributed by atoms with Gasteiger partial charge in [0, 0.05) is 11.6 Å². The highest BCUT2D eigenvalue weighted by Gasteiger charge is 2.11. The number of halogens is 3. The zero-order valence-electron chi connectivity index (χ0n) is 7.26. The molecule has 1 rings (SSSR count). The lowest BCUT2D eigenvalue weighted by Crippen LogP contribution is -2.10. The Kier molecular flexibility index (Phi) is 5.30. The molecule has 0 saturated heterocycles. The Morgan fingerprint density at radius 1 is 1.54 bits per heavy atom. The van der Waals surface area contributed by atoms with Crippen LogP contribution in [0.4, 0.5) is 4.39 Å². The Balaban J connectivity index is 0.00000144. The van der Waals surface area contributed by atoms with E-state index in [4.69, 9.17) is 17.3 Å². The van der Waals surface area contributed by atoms with E-state index in [2.05, 4.69) is 0 Å². The first-order valence-corrected chi connectivity index (χ1v) is 4.24. The van der Waals surface area contributed by atoms with Gasteiger partial charge >= 0.3 is 0 Å². The lowest BCUT2D eigenvalue weighted by Gasteiger charge is -2.10. The van der Waals surface area contributed by atoms with Crippen LogP contribution in [0, 0.1) is 5.82 Å². The fraction of sp³-hybridized carbons (Fsp3) is 0.333. The Morgan fingerprint density at radius 2 is 2.15 bits per heavy atom. The van der Waals surface area contributed by atoms with Gasteiger partial charge in [0.15, 0.2) is 0 Å². The molecule has 0 amide bonds. The van der Waals surface area contributed by atoms with E-state index in [9.17, 15) is 4.39 Å². The van der Waals surface area contributed by atoms with Crippen LogP contribution in [-0.4, -0.2) is 0 Å². The summed E-state index contributed by atoms with van der Waals surface area (Å²) in [6, 6.07) is 4.62. The Morgan fingerprint density at radius 3 is 2.69 bits per heavy atom. The normalized spacial score (nSPS) is 12.0. The lowest BCUT2D eigenvalue weighted by atomic mass is 10.1. The maximum absolute atomic E-state index is 13.2. The van der Waals surface area contributed by atoms with E-state index < -0.39 is 5.82 Å². The van der Waals surface area contributed by atoms with E-state index in [1.54, 1.807) is 12.1 Å². The number of hydrogen-bond acceptors (Lipinski definition) is 1. The average molecular weight is 224 g/mol. The molecule has 2 N–H and O–H groups in total. The molecule has 13 heavy (non-hydrogen) atoms. The Hall–Kier alpha value is -0.310. The molecule has 0 aromatic heterocycles. The molecule has 0 aliphatic heterocycles. The SMILES string of the molecule is CCC(N)c1cccc(Cl)c1F.Cl. The fourth-order valence-corrected chi connectivity index (χ4v) is 1.21. The van der Waals surface area contributed by atoms with Gasteiger partial charge in [0.25, 0.3) is 0 Å². The molecular formula is C9H12Cl2FN. The highest BCUT2D eigenvalue weighted by molar-refractivity contribution is 6.30. The summed E-state index contributed by atoms with van der Waals surface area (Å²) in [5.41, 5.74) is 6.16. The molecule has 0 radical (unpaired) electrons. The van der Waals surface area contributed by atoms with E-state index in [1.165, 1.54) is 6.07 Å². The van der Waals surface area contributed by atoms with E-state index in [0.717, 1.165) is 0 Å². The Bertz CT molecular complexity index is 278. The van der Waals surface area contributed by atoms with Gasteiger partial charge in [-0.1, -0.05) is 30.7 Å². The summed E-state index contributed by atoms with van der Waals surface area (Å²) < 4.78 is 13.2. The largest absolute Gasteiger partial charge is 0.324 e. The average Bonchev–Trinajstić information content (AvgIpc) is 2.08. The van der Waals surface area contributed by atoms with Crippen molar-refractivity contribution in [3.05, 3.63) is 34.6 Å². The monoisotopic (exact) mass is 223 g/mol. The van der Waals surface area contributed by atoms with Gasteiger partial charge in [0.1, 0.15) is 5.82 Å². The molecule has 1 nitrogen and oxygen atoms in total. The van der Waals surface area contributed by atoms with Gasteiger partial charge < -0.3 is 5.73 Å². The van der Waals surface area contributed by atoms with Crippen molar-refractivity contribution in [2.75, 3.05) is 0 Å². The van der Waals surface area contributed by atoms with Gasteiger partial charge in [0.2, 0.25) is 0 Å². The lowest BCUT2D eigenvalue weighted by molar-refractivity contribution is 0.576. The molecule has 0 aliphatic rings. The molecule has 4 heteroatoms. The van der Waals surface area contributed by atoms with Crippen molar-refractivity contribution >= 4 is 24.0 Å². The first-order valence-electron chi connectivity index (χ1n) is 3.86. The van der Waals surface area contributed by atoms with Crippen LogP contribution < -0.4 is 5.73 Å². The van der Waals surface area contributed by atoms with Gasteiger partial charge in [-0.2, -0.15) is 0 Å². The third-order valence-electron chi connectivity index (χ3n) is 1.82. The second kappa shape index (κ2) is 5.43. The molecule has 1 aromatic carbocycles. The predicted molar refractivity (Wildman–Crippen MR) is 55.9 cm³/mol. The van der Waals surface area contributed by atoms with E-state index in [0.29, 0.717) is 12.0 Å². The molecule has 0 saturated carbocycles. The molecule has 0 aliphatic carbocycles. The summed E-state index contributed by atoms with van der Waals surface area (Å²) in [6.07, 6.45) is 0.706. The van der Waals surface area contributed by atoms with Crippen LogP contribution >= 0.6 is 24.0 Å². The van der Waals surface area contributed by atoms with Crippen LogP contribution in [0.25, 0.3) is 0 Å². The first-order chi connectivity index (χ1) is 5.66. The third-order valence-corrected chi connectivity index (χ3v) is 2.11. The van der Waals surface area contributed by atoms with E-state index >= 15 is 0 Å². The van der Waals surface area contributed by atoms with Crippen LogP contribution in [0.5, 0.6) is 0 Å². The maximum Gasteiger partial charge on any atom is 0.146 e. The highest BCUT2D eigenvalue weighted by Crippen LogP contribution is 2.23. The number of rotatable bonds is 2. The van der Waals surface area contributed by atoms with Gasteiger partial charge in [-0.15, -0.1) is 12.4 Å². The minimum Gasteiger partial charge on any atom is -0.324 e. The van der Waals surface area contributed by atoms with Crippen molar-refractivity contribution in [3.8, 4) is 0 Å². The standard InChI is InChI=1S/C9H11ClFN.ClH/c1-2-8(12)6-4-3-5-7(10)9(6)11;/h3-5,8H,2,12H2,1H3;1H. The van der Waals surface area contributed by atoms with Crippen molar-refractivity contribution in [1.29, 1.82) is 0 Å². The molecule has 0 spiro atoms. The Labute approximate surface area is 88.5 Å². The molecular weight excluding hydrogens is 212 g/mol. The van der Waals surface area contributed by atoms with Gasteiger partial charge in [-0.05, 0) is 12.5 Å². The van der Waals surface area contributed by atoms with Crippen molar-refractivity contribution in [3.63, 3.8) is 0 Å². The van der Waals surface area contributed by atoms with Crippen LogP contribution in [0.3, 0.4) is 0 Å². The van der Waals surface area contributed by atoms with Crippen LogP contribution in [0.1, 0.15) is 24.9 Å². The van der Waals surface area contributed by atoms with E-state index in [1.807, 2.05) is 6.92 Å². The first kappa shape index (κ1) is 12.7. The van der Waals surface area contributed by atoms with Crippen molar-refractivity contribution in [2.45, 2.75) is 19.4 Å². The number of benzene rings is 1. The minimum atomic E-state index is -0.395. The second-order valence-corrected chi connectivity index (χ2v) is 3.06. The molecule has 74 valence electrons. The van der Waals surface area contributed by atoms with Crippen LogP contribution in [0.2, 0.25) is 5.02 Å². The van der Waals surface area contributed by atoms with E-state index in [-0.39, 0.29) is 23.5 Å².